The molecule has 0 radical (unpaired) electrons. The monoisotopic (exact) mass is 173 g/mol. The van der Waals surface area contributed by atoms with Crippen LogP contribution in [-0.2, 0) is 14.3 Å². The summed E-state index contributed by atoms with van der Waals surface area (Å²) in [7, 11) is 0. The molecule has 1 aliphatic rings. The van der Waals surface area contributed by atoms with Crippen molar-refractivity contribution in [3.8, 4) is 0 Å². The molecule has 1 atom stereocenters. The fraction of sp³-hybridized carbons (Fsp3) is 0.875. The number of morpholine rings is 1. The molecule has 70 valence electrons. The zero-order chi connectivity index (χ0) is 9.03. The van der Waals surface area contributed by atoms with E-state index in [4.69, 9.17) is 9.47 Å². The van der Waals surface area contributed by atoms with Gasteiger partial charge in [0.1, 0.15) is 0 Å². The molecule has 0 amide bonds. The van der Waals surface area contributed by atoms with Crippen LogP contribution in [0.1, 0.15) is 13.8 Å². The van der Waals surface area contributed by atoms with Crippen LogP contribution in [0.2, 0.25) is 0 Å². The van der Waals surface area contributed by atoms with Gasteiger partial charge in [0.25, 0.3) is 0 Å². The van der Waals surface area contributed by atoms with E-state index in [1.54, 1.807) is 13.8 Å². The third kappa shape index (κ3) is 1.95. The van der Waals surface area contributed by atoms with Crippen LogP contribution in [0, 0.1) is 0 Å². The standard InChI is InChI=1S/C8H15NO3/c1-3-11-7(10)8(2)6-9-4-5-12-8/h9H,3-6H2,1-2H3/t8-/m0/s1. The van der Waals surface area contributed by atoms with Crippen LogP contribution in [0.15, 0.2) is 0 Å². The van der Waals surface area contributed by atoms with Gasteiger partial charge in [0.15, 0.2) is 5.60 Å². The third-order valence-electron chi connectivity index (χ3n) is 1.87. The van der Waals surface area contributed by atoms with Crippen molar-refractivity contribution in [3.63, 3.8) is 0 Å². The maximum absolute atomic E-state index is 11.3. The quantitative estimate of drug-likeness (QED) is 0.594. The Morgan fingerprint density at radius 3 is 3.00 bits per heavy atom. The van der Waals surface area contributed by atoms with Gasteiger partial charge in [-0.3, -0.25) is 0 Å². The number of carbonyl (C=O) groups is 1. The first-order valence-corrected chi connectivity index (χ1v) is 4.21. The lowest BCUT2D eigenvalue weighted by atomic mass is 10.1. The van der Waals surface area contributed by atoms with Gasteiger partial charge in [-0.1, -0.05) is 0 Å². The molecule has 1 rings (SSSR count). The maximum atomic E-state index is 11.3. The van der Waals surface area contributed by atoms with Gasteiger partial charge in [-0.15, -0.1) is 0 Å². The third-order valence-corrected chi connectivity index (χ3v) is 1.87. The van der Waals surface area contributed by atoms with Crippen molar-refractivity contribution < 1.29 is 14.3 Å². The predicted octanol–water partition coefficient (Wildman–Crippen LogP) is -0.0720. The van der Waals surface area contributed by atoms with Gasteiger partial charge in [0.05, 0.1) is 13.2 Å². The Bertz CT molecular complexity index is 164. The highest BCUT2D eigenvalue weighted by molar-refractivity contribution is 5.79. The van der Waals surface area contributed by atoms with Crippen molar-refractivity contribution in [2.75, 3.05) is 26.3 Å². The lowest BCUT2D eigenvalue weighted by Crippen LogP contribution is -2.53. The molecule has 0 aliphatic carbocycles. The fourth-order valence-electron chi connectivity index (χ4n) is 1.14. The molecule has 12 heavy (non-hydrogen) atoms. The Morgan fingerprint density at radius 2 is 2.50 bits per heavy atom. The van der Waals surface area contributed by atoms with E-state index in [0.29, 0.717) is 19.8 Å². The average molecular weight is 173 g/mol. The number of hydrogen-bond donors (Lipinski definition) is 1. The molecule has 0 saturated carbocycles. The van der Waals surface area contributed by atoms with Crippen LogP contribution in [0.3, 0.4) is 0 Å². The Labute approximate surface area is 72.2 Å². The van der Waals surface area contributed by atoms with Crippen LogP contribution >= 0.6 is 0 Å². The Morgan fingerprint density at radius 1 is 1.75 bits per heavy atom. The summed E-state index contributed by atoms with van der Waals surface area (Å²) in [5.74, 6) is -0.280. The SMILES string of the molecule is CCOC(=O)[C@]1(C)CNCCO1. The summed E-state index contributed by atoms with van der Waals surface area (Å²) >= 11 is 0. The molecule has 1 fully saturated rings. The molecule has 0 aromatic rings. The summed E-state index contributed by atoms with van der Waals surface area (Å²) in [6.45, 7) is 5.84. The molecular formula is C8H15NO3. The molecule has 1 saturated heterocycles. The minimum Gasteiger partial charge on any atom is -0.464 e. The number of nitrogens with one attached hydrogen (secondary N) is 1. The molecule has 0 spiro atoms. The van der Waals surface area contributed by atoms with E-state index in [1.807, 2.05) is 0 Å². The Kier molecular flexibility index (Phi) is 3.05. The molecule has 1 aliphatic heterocycles. The highest BCUT2D eigenvalue weighted by Crippen LogP contribution is 2.13. The van der Waals surface area contributed by atoms with Gasteiger partial charge in [-0.25, -0.2) is 4.79 Å². The topological polar surface area (TPSA) is 47.6 Å². The van der Waals surface area contributed by atoms with Gasteiger partial charge in [-0.2, -0.15) is 0 Å². The number of hydrogen-bond acceptors (Lipinski definition) is 4. The van der Waals surface area contributed by atoms with Crippen molar-refractivity contribution in [1.82, 2.24) is 5.32 Å². The average Bonchev–Trinajstić information content (AvgIpc) is 2.06. The number of esters is 1. The summed E-state index contributed by atoms with van der Waals surface area (Å²) in [5, 5.41) is 3.09. The minimum absolute atomic E-state index is 0.280. The summed E-state index contributed by atoms with van der Waals surface area (Å²) < 4.78 is 10.2. The summed E-state index contributed by atoms with van der Waals surface area (Å²) in [6.07, 6.45) is 0. The van der Waals surface area contributed by atoms with Crippen LogP contribution in [0.4, 0.5) is 0 Å². The van der Waals surface area contributed by atoms with Crippen LogP contribution in [-0.4, -0.2) is 37.9 Å². The normalized spacial score (nSPS) is 29.8. The molecule has 4 nitrogen and oxygen atoms in total. The van der Waals surface area contributed by atoms with Gasteiger partial charge in [-0.05, 0) is 13.8 Å². The lowest BCUT2D eigenvalue weighted by Gasteiger charge is -2.31. The highest BCUT2D eigenvalue weighted by Gasteiger charge is 2.37. The molecule has 1 heterocycles. The van der Waals surface area contributed by atoms with Crippen molar-refractivity contribution >= 4 is 5.97 Å². The van der Waals surface area contributed by atoms with E-state index in [-0.39, 0.29) is 5.97 Å². The van der Waals surface area contributed by atoms with E-state index < -0.39 is 5.60 Å². The second kappa shape index (κ2) is 3.87. The summed E-state index contributed by atoms with van der Waals surface area (Å²) in [4.78, 5) is 11.3. The predicted molar refractivity (Wildman–Crippen MR) is 43.9 cm³/mol. The smallest absolute Gasteiger partial charge is 0.339 e. The second-order valence-electron chi connectivity index (χ2n) is 2.98. The van der Waals surface area contributed by atoms with Crippen LogP contribution in [0.25, 0.3) is 0 Å². The minimum atomic E-state index is -0.783. The Balaban J connectivity index is 2.50. The summed E-state index contributed by atoms with van der Waals surface area (Å²) in [5.41, 5.74) is -0.783. The lowest BCUT2D eigenvalue weighted by molar-refractivity contribution is -0.172. The second-order valence-corrected chi connectivity index (χ2v) is 2.98. The van der Waals surface area contributed by atoms with Crippen LogP contribution < -0.4 is 5.32 Å². The van der Waals surface area contributed by atoms with Crippen molar-refractivity contribution in [3.05, 3.63) is 0 Å². The maximum Gasteiger partial charge on any atom is 0.339 e. The molecular weight excluding hydrogens is 158 g/mol. The van der Waals surface area contributed by atoms with E-state index in [0.717, 1.165) is 6.54 Å². The van der Waals surface area contributed by atoms with E-state index in [1.165, 1.54) is 0 Å². The number of ether oxygens (including phenoxy) is 2. The fourth-order valence-corrected chi connectivity index (χ4v) is 1.14. The van der Waals surface area contributed by atoms with Gasteiger partial charge in [0.2, 0.25) is 0 Å². The first-order chi connectivity index (χ1) is 5.69. The molecule has 0 aromatic heterocycles. The van der Waals surface area contributed by atoms with Crippen molar-refractivity contribution in [1.29, 1.82) is 0 Å². The zero-order valence-electron chi connectivity index (χ0n) is 7.55. The molecule has 4 heteroatoms. The zero-order valence-corrected chi connectivity index (χ0v) is 7.55. The Hall–Kier alpha value is -0.610. The molecule has 1 N–H and O–H groups in total. The van der Waals surface area contributed by atoms with E-state index in [2.05, 4.69) is 5.32 Å². The molecule has 0 aromatic carbocycles. The molecule has 0 bridgehead atoms. The van der Waals surface area contributed by atoms with E-state index in [9.17, 15) is 4.79 Å². The van der Waals surface area contributed by atoms with Gasteiger partial charge < -0.3 is 14.8 Å². The molecule has 0 unspecified atom stereocenters. The number of rotatable bonds is 2. The van der Waals surface area contributed by atoms with Crippen molar-refractivity contribution in [2.24, 2.45) is 0 Å². The largest absolute Gasteiger partial charge is 0.464 e. The van der Waals surface area contributed by atoms with Crippen LogP contribution in [0.5, 0.6) is 0 Å². The van der Waals surface area contributed by atoms with E-state index >= 15 is 0 Å². The highest BCUT2D eigenvalue weighted by atomic mass is 16.6. The first-order valence-electron chi connectivity index (χ1n) is 4.21. The summed E-state index contributed by atoms with van der Waals surface area (Å²) in [6, 6.07) is 0. The van der Waals surface area contributed by atoms with Gasteiger partial charge in [0, 0.05) is 13.1 Å². The van der Waals surface area contributed by atoms with Crippen molar-refractivity contribution in [2.45, 2.75) is 19.4 Å². The first kappa shape index (κ1) is 9.48. The van der Waals surface area contributed by atoms with Gasteiger partial charge >= 0.3 is 5.97 Å². The number of carbonyl (C=O) groups excluding carboxylic acids is 1.